The fraction of sp³-hybridized carbons (Fsp3) is 0.333. The summed E-state index contributed by atoms with van der Waals surface area (Å²) in [6, 6.07) is 10.1. The third-order valence-corrected chi connectivity index (χ3v) is 4.92. The van der Waals surface area contributed by atoms with E-state index >= 15 is 0 Å². The molecule has 0 aliphatic carbocycles. The molecule has 2 heterocycles. The predicted molar refractivity (Wildman–Crippen MR) is 113 cm³/mol. The quantitative estimate of drug-likeness (QED) is 0.662. The van der Waals surface area contributed by atoms with Gasteiger partial charge in [-0.15, -0.1) is 10.2 Å². The monoisotopic (exact) mass is 395 g/mol. The van der Waals surface area contributed by atoms with E-state index in [4.69, 9.17) is 0 Å². The number of aromatic nitrogens is 4. The van der Waals surface area contributed by atoms with Gasteiger partial charge >= 0.3 is 0 Å². The van der Waals surface area contributed by atoms with Gasteiger partial charge < -0.3 is 5.32 Å². The zero-order chi connectivity index (χ0) is 20.3. The maximum Gasteiger partial charge on any atom is 0.230 e. The topological polar surface area (TPSA) is 72.7 Å². The molecule has 3 aromatic rings. The van der Waals surface area contributed by atoms with E-state index < -0.39 is 0 Å². The second-order valence-electron chi connectivity index (χ2n) is 7.76. The Morgan fingerprint density at radius 1 is 1.18 bits per heavy atom. The molecule has 1 amide bonds. The maximum absolute atomic E-state index is 12.3. The molecule has 0 atom stereocenters. The van der Waals surface area contributed by atoms with Crippen LogP contribution >= 0.6 is 11.8 Å². The van der Waals surface area contributed by atoms with E-state index in [1.807, 2.05) is 37.5 Å². The number of carbonyl (C=O) groups excluding carboxylic acids is 1. The summed E-state index contributed by atoms with van der Waals surface area (Å²) in [4.78, 5) is 16.5. The highest BCUT2D eigenvalue weighted by molar-refractivity contribution is 7.99. The predicted octanol–water partition coefficient (Wildman–Crippen LogP) is 3.95. The summed E-state index contributed by atoms with van der Waals surface area (Å²) in [6.07, 6.45) is 3.50. The summed E-state index contributed by atoms with van der Waals surface area (Å²) < 4.78 is 2.00. The van der Waals surface area contributed by atoms with Crippen molar-refractivity contribution in [3.63, 3.8) is 0 Å². The first kappa shape index (κ1) is 20.1. The summed E-state index contributed by atoms with van der Waals surface area (Å²) in [6.45, 7) is 10.0. The van der Waals surface area contributed by atoms with Crippen LogP contribution in [0.3, 0.4) is 0 Å². The number of hydrogen-bond acceptors (Lipinski definition) is 5. The average molecular weight is 396 g/mol. The van der Waals surface area contributed by atoms with Crippen LogP contribution in [0, 0.1) is 13.8 Å². The summed E-state index contributed by atoms with van der Waals surface area (Å²) in [7, 11) is 0. The molecular formula is C21H25N5OS. The van der Waals surface area contributed by atoms with Crippen molar-refractivity contribution in [2.45, 2.75) is 45.3 Å². The minimum Gasteiger partial charge on any atom is -0.351 e. The van der Waals surface area contributed by atoms with Crippen molar-refractivity contribution in [3.8, 4) is 17.1 Å². The number of nitrogens with one attached hydrogen (secondary N) is 1. The highest BCUT2D eigenvalue weighted by atomic mass is 32.2. The van der Waals surface area contributed by atoms with Crippen LogP contribution in [0.15, 0.2) is 47.9 Å². The number of pyridine rings is 1. The smallest absolute Gasteiger partial charge is 0.230 e. The summed E-state index contributed by atoms with van der Waals surface area (Å²) in [5, 5.41) is 12.4. The Morgan fingerprint density at radius 3 is 2.61 bits per heavy atom. The Kier molecular flexibility index (Phi) is 5.84. The van der Waals surface area contributed by atoms with Gasteiger partial charge in [-0.05, 0) is 58.4 Å². The lowest BCUT2D eigenvalue weighted by atomic mass is 10.1. The van der Waals surface area contributed by atoms with Crippen molar-refractivity contribution in [2.75, 3.05) is 5.75 Å². The van der Waals surface area contributed by atoms with Crippen LogP contribution in [0.4, 0.5) is 0 Å². The van der Waals surface area contributed by atoms with Gasteiger partial charge in [-0.2, -0.15) is 0 Å². The van der Waals surface area contributed by atoms with Gasteiger partial charge in [0.05, 0.1) is 11.4 Å². The lowest BCUT2D eigenvalue weighted by molar-refractivity contribution is -0.119. The van der Waals surface area contributed by atoms with Gasteiger partial charge in [0.1, 0.15) is 0 Å². The summed E-state index contributed by atoms with van der Waals surface area (Å²) >= 11 is 1.38. The zero-order valence-electron chi connectivity index (χ0n) is 16.9. The van der Waals surface area contributed by atoms with Crippen molar-refractivity contribution >= 4 is 17.7 Å². The third-order valence-electron chi connectivity index (χ3n) is 3.99. The SMILES string of the molecule is Cc1ccc(-n2c(SCC(=O)NC(C)(C)C)nnc2-c2cccnc2)c(C)c1. The molecule has 7 heteroatoms. The van der Waals surface area contributed by atoms with Gasteiger partial charge in [-0.25, -0.2) is 0 Å². The lowest BCUT2D eigenvalue weighted by Gasteiger charge is -2.20. The van der Waals surface area contributed by atoms with Gasteiger partial charge in [-0.1, -0.05) is 29.5 Å². The van der Waals surface area contributed by atoms with Crippen molar-refractivity contribution in [2.24, 2.45) is 0 Å². The van der Waals surface area contributed by atoms with Crippen LogP contribution in [0.25, 0.3) is 17.1 Å². The molecule has 0 radical (unpaired) electrons. The fourth-order valence-corrected chi connectivity index (χ4v) is 3.65. The molecule has 6 nitrogen and oxygen atoms in total. The van der Waals surface area contributed by atoms with Gasteiger partial charge in [0.25, 0.3) is 0 Å². The summed E-state index contributed by atoms with van der Waals surface area (Å²) in [5.74, 6) is 0.947. The molecule has 1 N–H and O–H groups in total. The minimum absolute atomic E-state index is 0.0318. The third kappa shape index (κ3) is 4.78. The first-order chi connectivity index (χ1) is 13.2. The zero-order valence-corrected chi connectivity index (χ0v) is 17.7. The first-order valence-electron chi connectivity index (χ1n) is 9.12. The van der Waals surface area contributed by atoms with Crippen molar-refractivity contribution in [1.29, 1.82) is 0 Å². The minimum atomic E-state index is -0.264. The van der Waals surface area contributed by atoms with E-state index in [1.165, 1.54) is 17.3 Å². The molecule has 0 saturated heterocycles. The van der Waals surface area contributed by atoms with Gasteiger partial charge in [0.15, 0.2) is 11.0 Å². The van der Waals surface area contributed by atoms with Crippen LogP contribution in [0.1, 0.15) is 31.9 Å². The molecule has 0 bridgehead atoms. The number of hydrogen-bond donors (Lipinski definition) is 1. The molecule has 0 saturated carbocycles. The van der Waals surface area contributed by atoms with Crippen LogP contribution in [0.5, 0.6) is 0 Å². The molecule has 1 aromatic carbocycles. The average Bonchev–Trinajstić information content (AvgIpc) is 3.03. The number of nitrogens with zero attached hydrogens (tertiary/aromatic N) is 4. The number of carbonyl (C=O) groups is 1. The van der Waals surface area contributed by atoms with Crippen molar-refractivity contribution in [3.05, 3.63) is 53.9 Å². The van der Waals surface area contributed by atoms with E-state index in [-0.39, 0.29) is 17.2 Å². The molecule has 0 aliphatic rings. The number of thioether (sulfide) groups is 1. The Labute approximate surface area is 169 Å². The number of amides is 1. The van der Waals surface area contributed by atoms with Crippen LogP contribution in [-0.2, 0) is 4.79 Å². The largest absolute Gasteiger partial charge is 0.351 e. The van der Waals surface area contributed by atoms with Crippen LogP contribution in [-0.4, -0.2) is 36.9 Å². The normalized spacial score (nSPS) is 11.5. The Morgan fingerprint density at radius 2 is 1.96 bits per heavy atom. The molecule has 2 aromatic heterocycles. The highest BCUT2D eigenvalue weighted by Crippen LogP contribution is 2.29. The lowest BCUT2D eigenvalue weighted by Crippen LogP contribution is -2.41. The standard InChI is InChI=1S/C21H25N5OS/c1-14-8-9-17(15(2)11-14)26-19(16-7-6-10-22-12-16)24-25-20(26)28-13-18(27)23-21(3,4)5/h6-12H,13H2,1-5H3,(H,23,27). The van der Waals surface area contributed by atoms with E-state index in [0.717, 1.165) is 16.8 Å². The van der Waals surface area contributed by atoms with Crippen LogP contribution in [0.2, 0.25) is 0 Å². The van der Waals surface area contributed by atoms with Crippen LogP contribution < -0.4 is 5.32 Å². The maximum atomic E-state index is 12.3. The van der Waals surface area contributed by atoms with E-state index in [2.05, 4.69) is 52.5 Å². The second-order valence-corrected chi connectivity index (χ2v) is 8.70. The number of aryl methyl sites for hydroxylation is 2. The molecule has 146 valence electrons. The van der Waals surface area contributed by atoms with Gasteiger partial charge in [0, 0.05) is 23.5 Å². The molecule has 0 spiro atoms. The highest BCUT2D eigenvalue weighted by Gasteiger charge is 2.20. The molecular weight excluding hydrogens is 370 g/mol. The Hall–Kier alpha value is -2.67. The van der Waals surface area contributed by atoms with E-state index in [9.17, 15) is 4.79 Å². The number of rotatable bonds is 5. The first-order valence-corrected chi connectivity index (χ1v) is 10.1. The molecule has 0 aliphatic heterocycles. The molecule has 3 rings (SSSR count). The van der Waals surface area contributed by atoms with Gasteiger partial charge in [0.2, 0.25) is 5.91 Å². The molecule has 0 fully saturated rings. The number of benzene rings is 1. The summed E-state index contributed by atoms with van der Waals surface area (Å²) in [5.41, 5.74) is 3.91. The van der Waals surface area contributed by atoms with E-state index in [1.54, 1.807) is 12.4 Å². The fourth-order valence-electron chi connectivity index (χ4n) is 2.90. The molecule has 0 unspecified atom stereocenters. The Balaban J connectivity index is 1.99. The Bertz CT molecular complexity index is 976. The van der Waals surface area contributed by atoms with Crippen molar-refractivity contribution < 1.29 is 4.79 Å². The van der Waals surface area contributed by atoms with Crippen molar-refractivity contribution in [1.82, 2.24) is 25.1 Å². The second kappa shape index (κ2) is 8.14. The van der Waals surface area contributed by atoms with Gasteiger partial charge in [-0.3, -0.25) is 14.3 Å². The molecule has 28 heavy (non-hydrogen) atoms. The van der Waals surface area contributed by atoms with E-state index in [0.29, 0.717) is 11.0 Å².